The molecule has 2 unspecified atom stereocenters. The second kappa shape index (κ2) is 5.83. The smallest absolute Gasteiger partial charge is 0.254 e. The zero-order valence-electron chi connectivity index (χ0n) is 11.1. The monoisotopic (exact) mass is 287 g/mol. The Morgan fingerprint density at radius 1 is 1.35 bits per heavy atom. The predicted octanol–water partition coefficient (Wildman–Crippen LogP) is 2.34. The summed E-state index contributed by atoms with van der Waals surface area (Å²) >= 11 is 0. The number of hydrogen-bond donors (Lipinski definition) is 1. The van der Waals surface area contributed by atoms with Crippen LogP contribution in [0.1, 0.15) is 30.1 Å². The van der Waals surface area contributed by atoms with E-state index in [1.807, 2.05) is 0 Å². The van der Waals surface area contributed by atoms with Crippen LogP contribution in [0.15, 0.2) is 12.1 Å². The Morgan fingerprint density at radius 2 is 1.95 bits per heavy atom. The van der Waals surface area contributed by atoms with Crippen LogP contribution in [0.4, 0.5) is 13.2 Å². The van der Waals surface area contributed by atoms with E-state index < -0.39 is 29.5 Å². The van der Waals surface area contributed by atoms with E-state index in [1.54, 1.807) is 6.92 Å². The number of carbonyl (C=O) groups is 1. The molecule has 1 saturated heterocycles. The molecule has 0 aliphatic carbocycles. The number of likely N-dealkylation sites (tertiary alicyclic amines) is 1. The quantitative estimate of drug-likeness (QED) is 0.848. The largest absolute Gasteiger partial charge is 0.393 e. The fourth-order valence-corrected chi connectivity index (χ4v) is 2.45. The lowest BCUT2D eigenvalue weighted by atomic mass is 9.93. The first-order chi connectivity index (χ1) is 9.40. The molecule has 1 N–H and O–H groups in total. The van der Waals surface area contributed by atoms with Gasteiger partial charge in [-0.1, -0.05) is 0 Å². The summed E-state index contributed by atoms with van der Waals surface area (Å²) in [5.74, 6) is -4.94. The average molecular weight is 287 g/mol. The summed E-state index contributed by atoms with van der Waals surface area (Å²) in [5.41, 5.74) is -0.215. The van der Waals surface area contributed by atoms with Gasteiger partial charge in [-0.05, 0) is 31.9 Å². The maximum absolute atomic E-state index is 13.1. The number of piperidine rings is 1. The van der Waals surface area contributed by atoms with Gasteiger partial charge in [0.05, 0.1) is 6.10 Å². The molecule has 0 spiro atoms. The van der Waals surface area contributed by atoms with E-state index >= 15 is 0 Å². The molecule has 1 aliphatic heterocycles. The molecule has 0 aromatic heterocycles. The van der Waals surface area contributed by atoms with Crippen LogP contribution in [0.2, 0.25) is 0 Å². The van der Waals surface area contributed by atoms with Crippen molar-refractivity contribution in [3.05, 3.63) is 35.1 Å². The number of halogens is 3. The van der Waals surface area contributed by atoms with Crippen molar-refractivity contribution in [2.75, 3.05) is 13.1 Å². The molecule has 0 saturated carbocycles. The molecule has 0 radical (unpaired) electrons. The van der Waals surface area contributed by atoms with Crippen LogP contribution in [-0.4, -0.2) is 35.1 Å². The molecule has 2 atom stereocenters. The summed E-state index contributed by atoms with van der Waals surface area (Å²) in [5, 5.41) is 9.56. The number of benzene rings is 1. The summed E-state index contributed by atoms with van der Waals surface area (Å²) in [4.78, 5) is 13.6. The Balaban J connectivity index is 2.19. The standard InChI is InChI=1S/C14H16F3NO2/c1-8(19)9-3-2-4-18(7-9)14(20)10-5-11(15)13(17)12(16)6-10/h5-6,8-9,19H,2-4,7H2,1H3. The van der Waals surface area contributed by atoms with Gasteiger partial charge in [-0.15, -0.1) is 0 Å². The van der Waals surface area contributed by atoms with Gasteiger partial charge >= 0.3 is 0 Å². The van der Waals surface area contributed by atoms with Crippen LogP contribution in [0.3, 0.4) is 0 Å². The number of nitrogens with zero attached hydrogens (tertiary/aromatic N) is 1. The van der Waals surface area contributed by atoms with Gasteiger partial charge in [0.2, 0.25) is 0 Å². The number of carbonyl (C=O) groups excluding carboxylic acids is 1. The van der Waals surface area contributed by atoms with Crippen LogP contribution in [-0.2, 0) is 0 Å². The molecule has 1 aromatic carbocycles. The number of hydrogen-bond acceptors (Lipinski definition) is 2. The van der Waals surface area contributed by atoms with Crippen LogP contribution in [0.5, 0.6) is 0 Å². The Morgan fingerprint density at radius 3 is 2.50 bits per heavy atom. The fourth-order valence-electron chi connectivity index (χ4n) is 2.45. The van der Waals surface area contributed by atoms with Crippen molar-refractivity contribution in [3.8, 4) is 0 Å². The first kappa shape index (κ1) is 14.8. The Hall–Kier alpha value is -1.56. The molecule has 1 aliphatic rings. The van der Waals surface area contributed by atoms with Gasteiger partial charge in [0, 0.05) is 24.6 Å². The molecule has 20 heavy (non-hydrogen) atoms. The topological polar surface area (TPSA) is 40.5 Å². The molecule has 2 rings (SSSR count). The van der Waals surface area contributed by atoms with Crippen molar-refractivity contribution in [3.63, 3.8) is 0 Å². The van der Waals surface area contributed by atoms with E-state index in [2.05, 4.69) is 0 Å². The van der Waals surface area contributed by atoms with Gasteiger partial charge in [-0.25, -0.2) is 13.2 Å². The Kier molecular flexibility index (Phi) is 4.32. The highest BCUT2D eigenvalue weighted by atomic mass is 19.2. The third-order valence-corrected chi connectivity index (χ3v) is 3.66. The zero-order chi connectivity index (χ0) is 14.9. The second-order valence-electron chi connectivity index (χ2n) is 5.15. The molecule has 0 bridgehead atoms. The van der Waals surface area contributed by atoms with E-state index in [-0.39, 0.29) is 11.5 Å². The van der Waals surface area contributed by atoms with E-state index in [9.17, 15) is 23.1 Å². The maximum Gasteiger partial charge on any atom is 0.254 e. The summed E-state index contributed by atoms with van der Waals surface area (Å²) in [6.07, 6.45) is 0.966. The van der Waals surface area contributed by atoms with Crippen molar-refractivity contribution < 1.29 is 23.1 Å². The molecular formula is C14H16F3NO2. The SMILES string of the molecule is CC(O)C1CCCN(C(=O)c2cc(F)c(F)c(F)c2)C1. The molecular weight excluding hydrogens is 271 g/mol. The Bertz CT molecular complexity index is 496. The summed E-state index contributed by atoms with van der Waals surface area (Å²) in [7, 11) is 0. The van der Waals surface area contributed by atoms with Gasteiger partial charge in [0.15, 0.2) is 17.5 Å². The normalized spacial score (nSPS) is 20.9. The van der Waals surface area contributed by atoms with Crippen LogP contribution in [0.25, 0.3) is 0 Å². The van der Waals surface area contributed by atoms with Gasteiger partial charge in [-0.3, -0.25) is 4.79 Å². The van der Waals surface area contributed by atoms with E-state index in [0.717, 1.165) is 6.42 Å². The van der Waals surface area contributed by atoms with Gasteiger partial charge in [0.25, 0.3) is 5.91 Å². The van der Waals surface area contributed by atoms with Crippen molar-refractivity contribution in [2.45, 2.75) is 25.9 Å². The lowest BCUT2D eigenvalue weighted by Crippen LogP contribution is -2.43. The van der Waals surface area contributed by atoms with Crippen LogP contribution >= 0.6 is 0 Å². The van der Waals surface area contributed by atoms with E-state index in [0.29, 0.717) is 31.6 Å². The minimum atomic E-state index is -1.58. The highest BCUT2D eigenvalue weighted by Crippen LogP contribution is 2.22. The highest BCUT2D eigenvalue weighted by Gasteiger charge is 2.28. The molecule has 110 valence electrons. The van der Waals surface area contributed by atoms with Crippen molar-refractivity contribution in [1.29, 1.82) is 0 Å². The number of amides is 1. The summed E-state index contributed by atoms with van der Waals surface area (Å²) in [6.45, 7) is 2.44. The van der Waals surface area contributed by atoms with Gasteiger partial charge < -0.3 is 10.0 Å². The summed E-state index contributed by atoms with van der Waals surface area (Å²) in [6, 6.07) is 1.40. The molecule has 1 fully saturated rings. The first-order valence-corrected chi connectivity index (χ1v) is 6.52. The van der Waals surface area contributed by atoms with Crippen LogP contribution < -0.4 is 0 Å². The second-order valence-corrected chi connectivity index (χ2v) is 5.15. The van der Waals surface area contributed by atoms with Crippen molar-refractivity contribution in [2.24, 2.45) is 5.92 Å². The minimum Gasteiger partial charge on any atom is -0.393 e. The third-order valence-electron chi connectivity index (χ3n) is 3.66. The number of aliphatic hydroxyl groups excluding tert-OH is 1. The molecule has 6 heteroatoms. The van der Waals surface area contributed by atoms with Crippen LogP contribution in [0, 0.1) is 23.4 Å². The maximum atomic E-state index is 13.1. The van der Waals surface area contributed by atoms with E-state index in [1.165, 1.54) is 4.90 Å². The molecule has 3 nitrogen and oxygen atoms in total. The lowest BCUT2D eigenvalue weighted by Gasteiger charge is -2.34. The average Bonchev–Trinajstić information content (AvgIpc) is 2.43. The van der Waals surface area contributed by atoms with E-state index in [4.69, 9.17) is 0 Å². The molecule has 1 aromatic rings. The summed E-state index contributed by atoms with van der Waals surface area (Å²) < 4.78 is 39.2. The fraction of sp³-hybridized carbons (Fsp3) is 0.500. The number of aliphatic hydroxyl groups is 1. The number of rotatable bonds is 2. The zero-order valence-corrected chi connectivity index (χ0v) is 11.1. The van der Waals surface area contributed by atoms with Gasteiger partial charge in [-0.2, -0.15) is 0 Å². The molecule has 1 heterocycles. The highest BCUT2D eigenvalue weighted by molar-refractivity contribution is 5.94. The van der Waals surface area contributed by atoms with Crippen molar-refractivity contribution >= 4 is 5.91 Å². The lowest BCUT2D eigenvalue weighted by molar-refractivity contribution is 0.0465. The minimum absolute atomic E-state index is 0.0529. The Labute approximate surface area is 115 Å². The third kappa shape index (κ3) is 2.95. The molecule has 1 amide bonds. The van der Waals surface area contributed by atoms with Gasteiger partial charge in [0.1, 0.15) is 0 Å². The first-order valence-electron chi connectivity index (χ1n) is 6.52. The predicted molar refractivity (Wildman–Crippen MR) is 66.6 cm³/mol. The van der Waals surface area contributed by atoms with Crippen molar-refractivity contribution in [1.82, 2.24) is 4.90 Å².